The molecule has 0 spiro atoms. The second-order valence-electron chi connectivity index (χ2n) is 9.66. The fourth-order valence-electron chi connectivity index (χ4n) is 5.28. The van der Waals surface area contributed by atoms with Gasteiger partial charge in [-0.1, -0.05) is 6.07 Å². The maximum Gasteiger partial charge on any atom is 0.254 e. The van der Waals surface area contributed by atoms with Crippen LogP contribution in [0, 0.1) is 0 Å². The van der Waals surface area contributed by atoms with Gasteiger partial charge in [0.05, 0.1) is 18.8 Å². The average molecular weight is 464 g/mol. The average Bonchev–Trinajstić information content (AvgIpc) is 3.12. The molecule has 2 atom stereocenters. The number of carbonyl (C=O) groups is 2. The van der Waals surface area contributed by atoms with E-state index in [1.807, 2.05) is 35.2 Å². The van der Waals surface area contributed by atoms with Crippen LogP contribution in [-0.4, -0.2) is 66.6 Å². The summed E-state index contributed by atoms with van der Waals surface area (Å²) in [5, 5.41) is 0. The first-order chi connectivity index (χ1) is 16.5. The molecule has 2 saturated heterocycles. The summed E-state index contributed by atoms with van der Waals surface area (Å²) in [6.45, 7) is 9.20. The number of morpholine rings is 1. The van der Waals surface area contributed by atoms with Crippen LogP contribution >= 0.6 is 0 Å². The van der Waals surface area contributed by atoms with E-state index >= 15 is 0 Å². The number of anilines is 1. The van der Waals surface area contributed by atoms with Gasteiger partial charge in [-0.2, -0.15) is 0 Å². The van der Waals surface area contributed by atoms with Crippen molar-refractivity contribution in [2.24, 2.45) is 0 Å². The van der Waals surface area contributed by atoms with Crippen molar-refractivity contribution in [3.63, 3.8) is 0 Å². The number of amides is 2. The van der Waals surface area contributed by atoms with Gasteiger partial charge in [-0.25, -0.2) is 0 Å². The predicted octanol–water partition coefficient (Wildman–Crippen LogP) is 3.46. The third kappa shape index (κ3) is 4.95. The summed E-state index contributed by atoms with van der Waals surface area (Å²) < 4.78 is 11.8. The van der Waals surface area contributed by atoms with Crippen molar-refractivity contribution in [1.82, 2.24) is 9.80 Å². The molecule has 0 N–H and O–H groups in total. The maximum absolute atomic E-state index is 13.3. The lowest BCUT2D eigenvalue weighted by Gasteiger charge is -2.35. The molecule has 7 nitrogen and oxygen atoms in total. The van der Waals surface area contributed by atoms with Crippen LogP contribution in [0.1, 0.15) is 48.2 Å². The van der Waals surface area contributed by atoms with Crippen molar-refractivity contribution in [1.29, 1.82) is 0 Å². The van der Waals surface area contributed by atoms with Crippen LogP contribution in [0.4, 0.5) is 5.69 Å². The van der Waals surface area contributed by atoms with E-state index in [1.54, 1.807) is 4.90 Å². The second kappa shape index (κ2) is 9.76. The van der Waals surface area contributed by atoms with Crippen molar-refractivity contribution >= 4 is 17.5 Å². The molecule has 34 heavy (non-hydrogen) atoms. The standard InChI is InChI=1S/C27H33N3O4/c1-19-15-28(16-20(2)34-19)17-21-5-10-25-23(14-21)18-29(12-13-33-25)27(32)22-6-8-24(9-7-22)30-11-3-4-26(30)31/h5-10,14,19-20H,3-4,11-13,15-18H2,1-2H3/t19-,20+. The minimum Gasteiger partial charge on any atom is -0.491 e. The first-order valence-corrected chi connectivity index (χ1v) is 12.3. The van der Waals surface area contributed by atoms with Crippen LogP contribution in [-0.2, 0) is 22.6 Å². The first kappa shape index (κ1) is 22.9. The SMILES string of the molecule is C[C@@H]1CN(Cc2ccc3c(c2)CN(C(=O)c2ccc(N4CCCC4=O)cc2)CCO3)C[C@H](C)O1. The van der Waals surface area contributed by atoms with Gasteiger partial charge in [0.1, 0.15) is 12.4 Å². The number of rotatable bonds is 4. The van der Waals surface area contributed by atoms with Crippen molar-refractivity contribution in [2.45, 2.75) is 52.0 Å². The van der Waals surface area contributed by atoms with Crippen LogP contribution in [0.5, 0.6) is 5.75 Å². The van der Waals surface area contributed by atoms with Gasteiger partial charge in [0, 0.05) is 56.0 Å². The first-order valence-electron chi connectivity index (χ1n) is 12.3. The highest BCUT2D eigenvalue weighted by molar-refractivity contribution is 5.97. The van der Waals surface area contributed by atoms with Crippen LogP contribution < -0.4 is 9.64 Å². The molecular formula is C27H33N3O4. The van der Waals surface area contributed by atoms with Gasteiger partial charge in [0.25, 0.3) is 5.91 Å². The predicted molar refractivity (Wildman–Crippen MR) is 130 cm³/mol. The Kier molecular flexibility index (Phi) is 6.57. The zero-order valence-electron chi connectivity index (χ0n) is 20.0. The van der Waals surface area contributed by atoms with Gasteiger partial charge in [0.2, 0.25) is 5.91 Å². The Balaban J connectivity index is 1.28. The van der Waals surface area contributed by atoms with Crippen molar-refractivity contribution in [3.8, 4) is 5.75 Å². The number of hydrogen-bond acceptors (Lipinski definition) is 5. The minimum absolute atomic E-state index is 0.0167. The molecule has 2 amide bonds. The van der Waals surface area contributed by atoms with Crippen molar-refractivity contribution < 1.29 is 19.1 Å². The monoisotopic (exact) mass is 463 g/mol. The Morgan fingerprint density at radius 3 is 2.50 bits per heavy atom. The summed E-state index contributed by atoms with van der Waals surface area (Å²) in [7, 11) is 0. The third-order valence-corrected chi connectivity index (χ3v) is 6.79. The lowest BCUT2D eigenvalue weighted by molar-refractivity contribution is -0.117. The molecule has 7 heteroatoms. The molecule has 0 saturated carbocycles. The molecule has 0 aromatic heterocycles. The summed E-state index contributed by atoms with van der Waals surface area (Å²) in [5.74, 6) is 0.986. The normalized spacial score (nSPS) is 23.4. The molecule has 5 rings (SSSR count). The highest BCUT2D eigenvalue weighted by atomic mass is 16.5. The third-order valence-electron chi connectivity index (χ3n) is 6.79. The van der Waals surface area contributed by atoms with E-state index in [4.69, 9.17) is 9.47 Å². The van der Waals surface area contributed by atoms with E-state index in [9.17, 15) is 9.59 Å². The van der Waals surface area contributed by atoms with Crippen molar-refractivity contribution in [3.05, 3.63) is 59.2 Å². The molecule has 180 valence electrons. The van der Waals surface area contributed by atoms with E-state index in [0.717, 1.165) is 49.6 Å². The molecule has 0 bridgehead atoms. The Morgan fingerprint density at radius 2 is 1.79 bits per heavy atom. The molecule has 3 aliphatic rings. The topological polar surface area (TPSA) is 62.3 Å². The second-order valence-corrected chi connectivity index (χ2v) is 9.66. The van der Waals surface area contributed by atoms with Gasteiger partial charge in [0.15, 0.2) is 0 Å². The number of fused-ring (bicyclic) bond motifs is 1. The Labute approximate surface area is 201 Å². The van der Waals surface area contributed by atoms with Crippen LogP contribution in [0.2, 0.25) is 0 Å². The Morgan fingerprint density at radius 1 is 1.03 bits per heavy atom. The maximum atomic E-state index is 13.3. The number of nitrogens with zero attached hydrogens (tertiary/aromatic N) is 3. The van der Waals surface area contributed by atoms with E-state index in [0.29, 0.717) is 31.7 Å². The highest BCUT2D eigenvalue weighted by Crippen LogP contribution is 2.27. The van der Waals surface area contributed by atoms with Gasteiger partial charge >= 0.3 is 0 Å². The summed E-state index contributed by atoms with van der Waals surface area (Å²) in [6, 6.07) is 13.7. The minimum atomic E-state index is -0.0167. The fraction of sp³-hybridized carbons (Fsp3) is 0.481. The van der Waals surface area contributed by atoms with Crippen molar-refractivity contribution in [2.75, 3.05) is 37.7 Å². The number of carbonyl (C=O) groups excluding carboxylic acids is 2. The Hall–Kier alpha value is -2.90. The van der Waals surface area contributed by atoms with Gasteiger partial charge < -0.3 is 19.3 Å². The molecule has 2 fully saturated rings. The lowest BCUT2D eigenvalue weighted by Crippen LogP contribution is -2.44. The van der Waals surface area contributed by atoms with Crippen LogP contribution in [0.3, 0.4) is 0 Å². The molecule has 0 aliphatic carbocycles. The van der Waals surface area contributed by atoms with Crippen LogP contribution in [0.25, 0.3) is 0 Å². The molecule has 2 aromatic carbocycles. The van der Waals surface area contributed by atoms with Gasteiger partial charge in [-0.05, 0) is 62.2 Å². The van der Waals surface area contributed by atoms with E-state index in [2.05, 4.69) is 30.9 Å². The summed E-state index contributed by atoms with van der Waals surface area (Å²) in [4.78, 5) is 31.4. The molecule has 3 heterocycles. The zero-order valence-corrected chi connectivity index (χ0v) is 20.0. The fourth-order valence-corrected chi connectivity index (χ4v) is 5.28. The lowest BCUT2D eigenvalue weighted by atomic mass is 10.1. The van der Waals surface area contributed by atoms with Crippen LogP contribution in [0.15, 0.2) is 42.5 Å². The quantitative estimate of drug-likeness (QED) is 0.695. The summed E-state index contributed by atoms with van der Waals surface area (Å²) in [5.41, 5.74) is 3.75. The molecule has 0 radical (unpaired) electrons. The zero-order chi connectivity index (χ0) is 23.7. The largest absolute Gasteiger partial charge is 0.491 e. The summed E-state index contributed by atoms with van der Waals surface area (Å²) in [6.07, 6.45) is 1.95. The molecule has 2 aromatic rings. The smallest absolute Gasteiger partial charge is 0.254 e. The van der Waals surface area contributed by atoms with E-state index < -0.39 is 0 Å². The Bertz CT molecular complexity index is 1040. The molecule has 3 aliphatic heterocycles. The van der Waals surface area contributed by atoms with Gasteiger partial charge in [-0.3, -0.25) is 14.5 Å². The molecular weight excluding hydrogens is 430 g/mol. The number of ether oxygens (including phenoxy) is 2. The van der Waals surface area contributed by atoms with E-state index in [1.165, 1.54) is 5.56 Å². The van der Waals surface area contributed by atoms with Gasteiger partial charge in [-0.15, -0.1) is 0 Å². The summed E-state index contributed by atoms with van der Waals surface area (Å²) >= 11 is 0. The highest BCUT2D eigenvalue weighted by Gasteiger charge is 2.25. The number of benzene rings is 2. The van der Waals surface area contributed by atoms with E-state index in [-0.39, 0.29) is 24.0 Å². The number of hydrogen-bond donors (Lipinski definition) is 0. The molecule has 0 unspecified atom stereocenters.